The number of rotatable bonds is 9. The molecule has 0 spiro atoms. The third kappa shape index (κ3) is 13.0. The lowest BCUT2D eigenvalue weighted by Crippen LogP contribution is -2.39. The predicted octanol–water partition coefficient (Wildman–Crippen LogP) is 2.70. The molecule has 0 aliphatic carbocycles. The molecule has 2 amide bonds. The number of carbonyl (C=O) groups excluding carboxylic acids is 1. The van der Waals surface area contributed by atoms with Crippen LogP contribution in [0.2, 0.25) is 0 Å². The summed E-state index contributed by atoms with van der Waals surface area (Å²) < 4.78 is 5.42. The molecule has 18 heavy (non-hydrogen) atoms. The summed E-state index contributed by atoms with van der Waals surface area (Å²) in [4.78, 5) is 11.2. The van der Waals surface area contributed by atoms with E-state index >= 15 is 0 Å². The van der Waals surface area contributed by atoms with Crippen LogP contribution in [0.5, 0.6) is 0 Å². The van der Waals surface area contributed by atoms with Gasteiger partial charge >= 0.3 is 6.03 Å². The van der Waals surface area contributed by atoms with Gasteiger partial charge in [0.1, 0.15) is 0 Å². The van der Waals surface area contributed by atoms with Crippen LogP contribution >= 0.6 is 0 Å². The van der Waals surface area contributed by atoms with Gasteiger partial charge in [-0.3, -0.25) is 0 Å². The Labute approximate surface area is 111 Å². The minimum atomic E-state index is -0.0887. The number of ether oxygens (including phenoxy) is 1. The quantitative estimate of drug-likeness (QED) is 0.492. The van der Waals surface area contributed by atoms with E-state index in [4.69, 9.17) is 4.74 Å². The van der Waals surface area contributed by atoms with E-state index in [0.717, 1.165) is 19.4 Å². The average Bonchev–Trinajstić information content (AvgIpc) is 2.25. The summed E-state index contributed by atoms with van der Waals surface area (Å²) in [6.45, 7) is 10.4. The van der Waals surface area contributed by atoms with Crippen molar-refractivity contribution in [1.29, 1.82) is 0 Å². The Bertz CT molecular complexity index is 238. The molecule has 0 radical (unpaired) electrons. The SMILES string of the molecule is CC(C)COC/C=C/CCCNC(=O)NC(C)C. The van der Waals surface area contributed by atoms with Gasteiger partial charge in [0.25, 0.3) is 0 Å². The van der Waals surface area contributed by atoms with E-state index in [-0.39, 0.29) is 12.1 Å². The van der Waals surface area contributed by atoms with Crippen LogP contribution in [0, 0.1) is 5.92 Å². The fraction of sp³-hybridized carbons (Fsp3) is 0.786. The van der Waals surface area contributed by atoms with Crippen LogP contribution in [-0.4, -0.2) is 31.8 Å². The van der Waals surface area contributed by atoms with Crippen molar-refractivity contribution in [3.63, 3.8) is 0 Å². The van der Waals surface area contributed by atoms with Crippen LogP contribution in [0.15, 0.2) is 12.2 Å². The van der Waals surface area contributed by atoms with Crippen molar-refractivity contribution in [2.45, 2.75) is 46.6 Å². The molecule has 106 valence electrons. The zero-order valence-corrected chi connectivity index (χ0v) is 12.2. The van der Waals surface area contributed by atoms with Gasteiger partial charge in [-0.15, -0.1) is 0 Å². The van der Waals surface area contributed by atoms with Crippen molar-refractivity contribution in [1.82, 2.24) is 10.6 Å². The molecule has 0 aromatic heterocycles. The van der Waals surface area contributed by atoms with E-state index in [0.29, 0.717) is 19.1 Å². The lowest BCUT2D eigenvalue weighted by Gasteiger charge is -2.09. The molecule has 0 bridgehead atoms. The van der Waals surface area contributed by atoms with Crippen LogP contribution in [0.4, 0.5) is 4.79 Å². The predicted molar refractivity (Wildman–Crippen MR) is 75.7 cm³/mol. The highest BCUT2D eigenvalue weighted by Gasteiger charge is 1.99. The number of urea groups is 1. The zero-order chi connectivity index (χ0) is 13.8. The number of hydrogen-bond acceptors (Lipinski definition) is 2. The number of amides is 2. The van der Waals surface area contributed by atoms with Crippen LogP contribution in [0.1, 0.15) is 40.5 Å². The molecule has 0 fully saturated rings. The molecular weight excluding hydrogens is 228 g/mol. The minimum absolute atomic E-state index is 0.0887. The van der Waals surface area contributed by atoms with E-state index in [2.05, 4.69) is 30.6 Å². The standard InChI is InChI=1S/C14H28N2O2/c1-12(2)11-18-10-8-6-5-7-9-15-14(17)16-13(3)4/h6,8,12-13H,5,7,9-11H2,1-4H3,(H2,15,16,17)/b8-6+. The summed E-state index contributed by atoms with van der Waals surface area (Å²) in [5, 5.41) is 5.60. The molecule has 2 N–H and O–H groups in total. The molecule has 0 rings (SSSR count). The Morgan fingerprint density at radius 2 is 1.94 bits per heavy atom. The first-order valence-electron chi connectivity index (χ1n) is 6.79. The molecule has 0 unspecified atom stereocenters. The molecule has 0 aliphatic heterocycles. The number of hydrogen-bond donors (Lipinski definition) is 2. The number of carbonyl (C=O) groups is 1. The Balaban J connectivity index is 3.29. The van der Waals surface area contributed by atoms with Crippen molar-refractivity contribution < 1.29 is 9.53 Å². The van der Waals surface area contributed by atoms with E-state index in [1.54, 1.807) is 0 Å². The molecule has 0 saturated carbocycles. The first-order valence-corrected chi connectivity index (χ1v) is 6.79. The van der Waals surface area contributed by atoms with E-state index in [1.165, 1.54) is 0 Å². The molecule has 0 atom stereocenters. The second kappa shape index (κ2) is 11.1. The summed E-state index contributed by atoms with van der Waals surface area (Å²) >= 11 is 0. The van der Waals surface area contributed by atoms with E-state index < -0.39 is 0 Å². The molecule has 0 aliphatic rings. The first-order chi connectivity index (χ1) is 8.52. The fourth-order valence-corrected chi connectivity index (χ4v) is 1.29. The number of unbranched alkanes of at least 4 members (excludes halogenated alkanes) is 1. The van der Waals surface area contributed by atoms with Crippen molar-refractivity contribution in [3.05, 3.63) is 12.2 Å². The summed E-state index contributed by atoms with van der Waals surface area (Å²) in [7, 11) is 0. The lowest BCUT2D eigenvalue weighted by molar-refractivity contribution is 0.134. The highest BCUT2D eigenvalue weighted by atomic mass is 16.5. The molecule has 0 aromatic carbocycles. The molecule has 0 saturated heterocycles. The number of allylic oxidation sites excluding steroid dienone is 1. The van der Waals surface area contributed by atoms with Crippen LogP contribution < -0.4 is 10.6 Å². The summed E-state index contributed by atoms with van der Waals surface area (Å²) in [5.74, 6) is 0.585. The van der Waals surface area contributed by atoms with Gasteiger partial charge in [-0.2, -0.15) is 0 Å². The van der Waals surface area contributed by atoms with Gasteiger partial charge in [0.15, 0.2) is 0 Å². The third-order valence-corrected chi connectivity index (χ3v) is 2.08. The smallest absolute Gasteiger partial charge is 0.314 e. The highest BCUT2D eigenvalue weighted by Crippen LogP contribution is 1.94. The van der Waals surface area contributed by atoms with Gasteiger partial charge in [0.05, 0.1) is 6.61 Å². The summed E-state index contributed by atoms with van der Waals surface area (Å²) in [6, 6.07) is 0.0947. The third-order valence-electron chi connectivity index (χ3n) is 2.08. The van der Waals surface area contributed by atoms with Crippen LogP contribution in [0.25, 0.3) is 0 Å². The summed E-state index contributed by atoms with van der Waals surface area (Å²) in [6.07, 6.45) is 6.05. The van der Waals surface area contributed by atoms with Gasteiger partial charge < -0.3 is 15.4 Å². The monoisotopic (exact) mass is 256 g/mol. The second-order valence-electron chi connectivity index (χ2n) is 5.10. The summed E-state index contributed by atoms with van der Waals surface area (Å²) in [5.41, 5.74) is 0. The Kier molecular flexibility index (Phi) is 10.4. The second-order valence-corrected chi connectivity index (χ2v) is 5.10. The topological polar surface area (TPSA) is 50.4 Å². The van der Waals surface area contributed by atoms with Gasteiger partial charge in [0, 0.05) is 19.2 Å². The van der Waals surface area contributed by atoms with Crippen molar-refractivity contribution in [3.8, 4) is 0 Å². The van der Waals surface area contributed by atoms with Crippen LogP contribution in [0.3, 0.4) is 0 Å². The van der Waals surface area contributed by atoms with Crippen molar-refractivity contribution in [2.24, 2.45) is 5.92 Å². The molecule has 4 heteroatoms. The normalized spacial score (nSPS) is 11.4. The van der Waals surface area contributed by atoms with Crippen molar-refractivity contribution in [2.75, 3.05) is 19.8 Å². The number of nitrogens with one attached hydrogen (secondary N) is 2. The molecule has 4 nitrogen and oxygen atoms in total. The van der Waals surface area contributed by atoms with Crippen molar-refractivity contribution >= 4 is 6.03 Å². The maximum atomic E-state index is 11.2. The molecule has 0 heterocycles. The first kappa shape index (κ1) is 17.0. The highest BCUT2D eigenvalue weighted by molar-refractivity contribution is 5.73. The largest absolute Gasteiger partial charge is 0.377 e. The van der Waals surface area contributed by atoms with Gasteiger partial charge in [-0.1, -0.05) is 26.0 Å². The van der Waals surface area contributed by atoms with Gasteiger partial charge in [0.2, 0.25) is 0 Å². The molecular formula is C14H28N2O2. The van der Waals surface area contributed by atoms with Gasteiger partial charge in [-0.25, -0.2) is 4.79 Å². The van der Waals surface area contributed by atoms with E-state index in [9.17, 15) is 4.79 Å². The zero-order valence-electron chi connectivity index (χ0n) is 12.2. The minimum Gasteiger partial charge on any atom is -0.377 e. The van der Waals surface area contributed by atoms with E-state index in [1.807, 2.05) is 19.9 Å². The van der Waals surface area contributed by atoms with Crippen LogP contribution in [-0.2, 0) is 4.74 Å². The Morgan fingerprint density at radius 1 is 1.22 bits per heavy atom. The molecule has 0 aromatic rings. The maximum absolute atomic E-state index is 11.2. The lowest BCUT2D eigenvalue weighted by atomic mass is 10.2. The fourth-order valence-electron chi connectivity index (χ4n) is 1.29. The Hall–Kier alpha value is -1.03. The maximum Gasteiger partial charge on any atom is 0.314 e. The average molecular weight is 256 g/mol. The van der Waals surface area contributed by atoms with Gasteiger partial charge in [-0.05, 0) is 32.6 Å². The Morgan fingerprint density at radius 3 is 2.56 bits per heavy atom.